The molecule has 0 amide bonds. The van der Waals surface area contributed by atoms with Crippen molar-refractivity contribution >= 4 is 27.0 Å². The molecule has 0 bridgehead atoms. The minimum absolute atomic E-state index is 0.165. The molecule has 70 valence electrons. The van der Waals surface area contributed by atoms with Gasteiger partial charge in [0.25, 0.3) is 0 Å². The lowest BCUT2D eigenvalue weighted by molar-refractivity contribution is 1.28. The van der Waals surface area contributed by atoms with E-state index in [2.05, 4.69) is 11.6 Å². The minimum Gasteiger partial charge on any atom is -0.255 e. The normalized spacial score (nSPS) is 10.4. The van der Waals surface area contributed by atoms with Crippen LogP contribution in [0.15, 0.2) is 35.6 Å². The Kier molecular flexibility index (Phi) is 2.17. The molecule has 0 N–H and O–H groups in total. The molecule has 0 aliphatic heterocycles. The summed E-state index contributed by atoms with van der Waals surface area (Å²) in [5.74, 6) is 0. The summed E-state index contributed by atoms with van der Waals surface area (Å²) in [5.41, 5.74) is 1.54. The van der Waals surface area contributed by atoms with Gasteiger partial charge in [0.05, 0.1) is 5.69 Å². The summed E-state index contributed by atoms with van der Waals surface area (Å²) in [4.78, 5) is 15.1. The maximum absolute atomic E-state index is 11.3. The zero-order chi connectivity index (χ0) is 10.1. The van der Waals surface area contributed by atoms with Crippen LogP contribution in [0.2, 0.25) is 0 Å². The van der Waals surface area contributed by atoms with Gasteiger partial charge < -0.3 is 0 Å². The first-order valence-electron chi connectivity index (χ1n) is 4.24. The maximum Gasteiger partial charge on any atom is 0.327 e. The van der Waals surface area contributed by atoms with Crippen LogP contribution in [0.4, 0.5) is 0 Å². The largest absolute Gasteiger partial charge is 0.327 e. The lowest BCUT2D eigenvalue weighted by Gasteiger charge is -2.02. The summed E-state index contributed by atoms with van der Waals surface area (Å²) >= 11 is 1.17. The van der Waals surface area contributed by atoms with E-state index in [-0.39, 0.29) is 4.87 Å². The summed E-state index contributed by atoms with van der Waals surface area (Å²) < 4.78 is 0.963. The number of fused-ring (bicyclic) bond motifs is 1. The van der Waals surface area contributed by atoms with Gasteiger partial charge >= 0.3 is 4.87 Å². The number of nitrogens with zero attached hydrogens (tertiary/aromatic N) is 1. The van der Waals surface area contributed by atoms with Gasteiger partial charge in [-0.25, -0.2) is 0 Å². The van der Waals surface area contributed by atoms with Gasteiger partial charge in [0.15, 0.2) is 0 Å². The molecule has 2 rings (SSSR count). The van der Waals surface area contributed by atoms with E-state index in [0.29, 0.717) is 5.69 Å². The summed E-state index contributed by atoms with van der Waals surface area (Å²) in [5, 5.41) is 1.00. The topological polar surface area (TPSA) is 30.0 Å². The quantitative estimate of drug-likeness (QED) is 0.713. The molecule has 0 unspecified atom stereocenters. The molecule has 0 atom stereocenters. The van der Waals surface area contributed by atoms with E-state index in [9.17, 15) is 4.79 Å². The van der Waals surface area contributed by atoms with Crippen molar-refractivity contribution in [2.75, 3.05) is 0 Å². The molecule has 2 nitrogen and oxygen atoms in total. The molecule has 0 saturated carbocycles. The second-order valence-electron chi connectivity index (χ2n) is 3.10. The van der Waals surface area contributed by atoms with Crippen LogP contribution in [0.3, 0.4) is 0 Å². The number of allylic oxidation sites excluding steroid dienone is 1. The van der Waals surface area contributed by atoms with Crippen molar-refractivity contribution in [2.24, 2.45) is 0 Å². The first-order chi connectivity index (χ1) is 6.68. The third-order valence-corrected chi connectivity index (χ3v) is 2.79. The molecule has 1 aromatic heterocycles. The van der Waals surface area contributed by atoms with Crippen LogP contribution < -0.4 is 4.87 Å². The van der Waals surface area contributed by atoms with Crippen LogP contribution in [-0.4, -0.2) is 4.98 Å². The Morgan fingerprint density at radius 2 is 2.14 bits per heavy atom. The van der Waals surface area contributed by atoms with E-state index in [1.165, 1.54) is 11.3 Å². The lowest BCUT2D eigenvalue weighted by atomic mass is 10.1. The van der Waals surface area contributed by atoms with Crippen molar-refractivity contribution < 1.29 is 0 Å². The summed E-state index contributed by atoms with van der Waals surface area (Å²) in [6.45, 7) is 5.68. The molecule has 1 aromatic carbocycles. The predicted octanol–water partition coefficient (Wildman–Crippen LogP) is 2.69. The van der Waals surface area contributed by atoms with Crippen molar-refractivity contribution in [3.05, 3.63) is 46.2 Å². The molecule has 0 saturated heterocycles. The van der Waals surface area contributed by atoms with Gasteiger partial charge in [-0.05, 0) is 18.6 Å². The Morgan fingerprint density at radius 3 is 2.86 bits per heavy atom. The van der Waals surface area contributed by atoms with Gasteiger partial charge in [-0.3, -0.25) is 4.79 Å². The fourth-order valence-corrected chi connectivity index (χ4v) is 2.09. The maximum atomic E-state index is 11.3. The van der Waals surface area contributed by atoms with Gasteiger partial charge in [0, 0.05) is 10.1 Å². The van der Waals surface area contributed by atoms with E-state index in [4.69, 9.17) is 0 Å². The van der Waals surface area contributed by atoms with E-state index in [0.717, 1.165) is 15.7 Å². The Morgan fingerprint density at radius 1 is 1.43 bits per heavy atom. The first-order valence-corrected chi connectivity index (χ1v) is 5.06. The van der Waals surface area contributed by atoms with Crippen molar-refractivity contribution in [3.8, 4) is 0 Å². The number of hydrogen-bond donors (Lipinski definition) is 0. The Hall–Kier alpha value is -1.48. The van der Waals surface area contributed by atoms with Crippen LogP contribution >= 0.6 is 11.3 Å². The molecule has 2 aromatic rings. The second-order valence-corrected chi connectivity index (χ2v) is 4.10. The Labute approximate surface area is 85.6 Å². The molecule has 14 heavy (non-hydrogen) atoms. The standard InChI is InChI=1S/C11H9NOS/c1-7(2)10-8-5-3-4-6-9(8)14-11(13)12-10/h3-6H,1H2,2H3. The zero-order valence-corrected chi connectivity index (χ0v) is 8.60. The van der Waals surface area contributed by atoms with Crippen LogP contribution in [0.5, 0.6) is 0 Å². The van der Waals surface area contributed by atoms with E-state index in [1.54, 1.807) is 0 Å². The van der Waals surface area contributed by atoms with Gasteiger partial charge in [-0.2, -0.15) is 4.98 Å². The van der Waals surface area contributed by atoms with E-state index >= 15 is 0 Å². The third kappa shape index (κ3) is 1.46. The summed E-state index contributed by atoms with van der Waals surface area (Å²) in [7, 11) is 0. The average molecular weight is 203 g/mol. The highest BCUT2D eigenvalue weighted by atomic mass is 32.1. The Balaban J connectivity index is 2.94. The SMILES string of the molecule is C=C(C)c1nc(=O)sc2ccccc12. The second kappa shape index (κ2) is 3.35. The fraction of sp³-hybridized carbons (Fsp3) is 0.0909. The van der Waals surface area contributed by atoms with Crippen LogP contribution in [0, 0.1) is 0 Å². The van der Waals surface area contributed by atoms with E-state index in [1.807, 2.05) is 31.2 Å². The number of rotatable bonds is 1. The predicted molar refractivity (Wildman–Crippen MR) is 60.6 cm³/mol. The van der Waals surface area contributed by atoms with Gasteiger partial charge in [-0.15, -0.1) is 0 Å². The van der Waals surface area contributed by atoms with Gasteiger partial charge in [0.1, 0.15) is 0 Å². The number of aromatic nitrogens is 1. The highest BCUT2D eigenvalue weighted by Gasteiger charge is 2.04. The average Bonchev–Trinajstić information content (AvgIpc) is 2.16. The minimum atomic E-state index is -0.165. The fourth-order valence-electron chi connectivity index (χ4n) is 1.34. The van der Waals surface area contributed by atoms with Crippen LogP contribution in [-0.2, 0) is 0 Å². The molecular formula is C11H9NOS. The number of hydrogen-bond acceptors (Lipinski definition) is 3. The van der Waals surface area contributed by atoms with Gasteiger partial charge in [0.2, 0.25) is 0 Å². The molecule has 3 heteroatoms. The molecule has 0 aliphatic rings. The van der Waals surface area contributed by atoms with Gasteiger partial charge in [-0.1, -0.05) is 36.1 Å². The zero-order valence-electron chi connectivity index (χ0n) is 7.78. The smallest absolute Gasteiger partial charge is 0.255 e. The van der Waals surface area contributed by atoms with Crippen molar-refractivity contribution in [1.29, 1.82) is 0 Å². The molecule has 1 heterocycles. The van der Waals surface area contributed by atoms with Crippen LogP contribution in [0.25, 0.3) is 15.7 Å². The van der Waals surface area contributed by atoms with Crippen molar-refractivity contribution in [1.82, 2.24) is 4.98 Å². The van der Waals surface area contributed by atoms with Crippen LogP contribution in [0.1, 0.15) is 12.6 Å². The molecular weight excluding hydrogens is 194 g/mol. The highest BCUT2D eigenvalue weighted by molar-refractivity contribution is 7.16. The Bertz CT molecular complexity index is 556. The summed E-state index contributed by atoms with van der Waals surface area (Å²) in [6, 6.07) is 7.74. The molecule has 0 spiro atoms. The monoisotopic (exact) mass is 203 g/mol. The third-order valence-electron chi connectivity index (χ3n) is 1.95. The molecule has 0 aliphatic carbocycles. The van der Waals surface area contributed by atoms with E-state index < -0.39 is 0 Å². The van der Waals surface area contributed by atoms with Crippen molar-refractivity contribution in [2.45, 2.75) is 6.92 Å². The number of benzene rings is 1. The molecule has 0 radical (unpaired) electrons. The molecule has 0 fully saturated rings. The lowest BCUT2D eigenvalue weighted by Crippen LogP contribution is -2.03. The summed E-state index contributed by atoms with van der Waals surface area (Å²) in [6.07, 6.45) is 0. The van der Waals surface area contributed by atoms with Crippen molar-refractivity contribution in [3.63, 3.8) is 0 Å². The first kappa shape index (κ1) is 9.09. The highest BCUT2D eigenvalue weighted by Crippen LogP contribution is 2.22.